The zero-order valence-electron chi connectivity index (χ0n) is 12.8. The molecule has 4 heterocycles. The maximum Gasteiger partial charge on any atom is 0.258 e. The monoisotopic (exact) mass is 350 g/mol. The van der Waals surface area contributed by atoms with Crippen molar-refractivity contribution < 1.29 is 4.79 Å². The first-order valence-electron chi connectivity index (χ1n) is 7.40. The minimum absolute atomic E-state index is 0.220. The van der Waals surface area contributed by atoms with E-state index in [1.165, 1.54) is 0 Å². The van der Waals surface area contributed by atoms with E-state index in [0.29, 0.717) is 33.9 Å². The minimum Gasteiger partial charge on any atom is -0.321 e. The fraction of sp³-hybridized carbons (Fsp3) is 0. The molecule has 0 aromatic carbocycles. The molecule has 0 saturated carbocycles. The smallest absolute Gasteiger partial charge is 0.258 e. The van der Waals surface area contributed by atoms with Gasteiger partial charge in [-0.2, -0.15) is 0 Å². The number of carbonyl (C=O) groups excluding carboxylic acids is 1. The summed E-state index contributed by atoms with van der Waals surface area (Å²) in [5, 5.41) is 2.96. The Bertz CT molecular complexity index is 1060. The summed E-state index contributed by atoms with van der Waals surface area (Å²) in [5.41, 5.74) is 2.44. The SMILES string of the molecule is O=C(Nc1cccnc1Cl)c1ccnc2[nH]c(-c3ccccn3)nc12. The molecule has 0 aliphatic heterocycles. The van der Waals surface area contributed by atoms with Crippen LogP contribution in [-0.2, 0) is 0 Å². The Morgan fingerprint density at radius 2 is 1.88 bits per heavy atom. The summed E-state index contributed by atoms with van der Waals surface area (Å²) < 4.78 is 0. The molecular weight excluding hydrogens is 340 g/mol. The Kier molecular flexibility index (Phi) is 3.83. The van der Waals surface area contributed by atoms with Crippen molar-refractivity contribution in [1.82, 2.24) is 24.9 Å². The lowest BCUT2D eigenvalue weighted by molar-refractivity contribution is 0.102. The highest BCUT2D eigenvalue weighted by Gasteiger charge is 2.16. The molecule has 0 fully saturated rings. The first kappa shape index (κ1) is 15.2. The number of aromatic nitrogens is 5. The molecule has 4 rings (SSSR count). The summed E-state index contributed by atoms with van der Waals surface area (Å²) in [7, 11) is 0. The quantitative estimate of drug-likeness (QED) is 0.552. The van der Waals surface area contributed by atoms with E-state index in [9.17, 15) is 4.79 Å². The number of imidazole rings is 1. The number of hydrogen-bond donors (Lipinski definition) is 2. The summed E-state index contributed by atoms with van der Waals surface area (Å²) in [6.07, 6.45) is 4.77. The highest BCUT2D eigenvalue weighted by Crippen LogP contribution is 2.22. The zero-order chi connectivity index (χ0) is 17.2. The first-order chi connectivity index (χ1) is 12.2. The number of carbonyl (C=O) groups is 1. The van der Waals surface area contributed by atoms with Crippen LogP contribution in [0.4, 0.5) is 5.69 Å². The van der Waals surface area contributed by atoms with Crippen molar-refractivity contribution >= 4 is 34.4 Å². The number of hydrogen-bond acceptors (Lipinski definition) is 5. The third kappa shape index (κ3) is 2.92. The van der Waals surface area contributed by atoms with E-state index < -0.39 is 0 Å². The molecule has 122 valence electrons. The van der Waals surface area contributed by atoms with E-state index in [1.54, 1.807) is 36.8 Å². The molecule has 4 aromatic heterocycles. The normalized spacial score (nSPS) is 10.8. The van der Waals surface area contributed by atoms with E-state index in [2.05, 4.69) is 30.2 Å². The Morgan fingerprint density at radius 3 is 2.68 bits per heavy atom. The van der Waals surface area contributed by atoms with Gasteiger partial charge in [0.1, 0.15) is 11.2 Å². The van der Waals surface area contributed by atoms with Gasteiger partial charge in [0.15, 0.2) is 16.6 Å². The fourth-order valence-corrected chi connectivity index (χ4v) is 2.55. The second-order valence-corrected chi connectivity index (χ2v) is 5.51. The summed E-state index contributed by atoms with van der Waals surface area (Å²) in [6, 6.07) is 10.5. The number of fused-ring (bicyclic) bond motifs is 1. The molecule has 0 bridgehead atoms. The van der Waals surface area contributed by atoms with Crippen LogP contribution in [0, 0.1) is 0 Å². The average Bonchev–Trinajstić information content (AvgIpc) is 3.08. The van der Waals surface area contributed by atoms with Gasteiger partial charge in [-0.25, -0.2) is 15.0 Å². The fourth-order valence-electron chi connectivity index (χ4n) is 2.39. The number of nitrogens with one attached hydrogen (secondary N) is 2. The summed E-state index contributed by atoms with van der Waals surface area (Å²) in [5.74, 6) is 0.198. The van der Waals surface area contributed by atoms with E-state index in [4.69, 9.17) is 11.6 Å². The van der Waals surface area contributed by atoms with Gasteiger partial charge in [0.05, 0.1) is 11.3 Å². The van der Waals surface area contributed by atoms with Gasteiger partial charge < -0.3 is 10.3 Å². The largest absolute Gasteiger partial charge is 0.321 e. The van der Waals surface area contributed by atoms with Gasteiger partial charge in [-0.15, -0.1) is 0 Å². The van der Waals surface area contributed by atoms with Crippen LogP contribution >= 0.6 is 11.6 Å². The second-order valence-electron chi connectivity index (χ2n) is 5.15. The molecule has 0 atom stereocenters. The lowest BCUT2D eigenvalue weighted by Gasteiger charge is -2.06. The maximum absolute atomic E-state index is 12.6. The van der Waals surface area contributed by atoms with Crippen molar-refractivity contribution in [2.75, 3.05) is 5.32 Å². The van der Waals surface area contributed by atoms with Crippen molar-refractivity contribution in [3.63, 3.8) is 0 Å². The Labute approximate surface area is 147 Å². The van der Waals surface area contributed by atoms with E-state index >= 15 is 0 Å². The molecule has 4 aromatic rings. The third-order valence-corrected chi connectivity index (χ3v) is 3.85. The van der Waals surface area contributed by atoms with Crippen LogP contribution in [0.3, 0.4) is 0 Å². The third-order valence-electron chi connectivity index (χ3n) is 3.54. The van der Waals surface area contributed by atoms with Crippen LogP contribution in [0.1, 0.15) is 10.4 Å². The lowest BCUT2D eigenvalue weighted by Crippen LogP contribution is -2.13. The molecule has 1 amide bonds. The van der Waals surface area contributed by atoms with Crippen LogP contribution < -0.4 is 5.32 Å². The molecule has 0 saturated heterocycles. The number of halogens is 1. The standard InChI is InChI=1S/C17H11ClN6O/c18-14-11(5-3-8-20-14)22-17(25)10-6-9-21-16-13(10)23-15(24-16)12-4-1-2-7-19-12/h1-9H,(H,22,25)(H,21,23,24). The molecule has 0 aliphatic carbocycles. The van der Waals surface area contributed by atoms with Gasteiger partial charge in [0.2, 0.25) is 0 Å². The molecular formula is C17H11ClN6O. The van der Waals surface area contributed by atoms with Gasteiger partial charge in [-0.05, 0) is 30.3 Å². The van der Waals surface area contributed by atoms with E-state index in [0.717, 1.165) is 0 Å². The van der Waals surface area contributed by atoms with Gasteiger partial charge in [0, 0.05) is 18.6 Å². The Morgan fingerprint density at radius 1 is 1.00 bits per heavy atom. The zero-order valence-corrected chi connectivity index (χ0v) is 13.5. The molecule has 0 spiro atoms. The summed E-state index contributed by atoms with van der Waals surface area (Å²) in [4.78, 5) is 32.6. The molecule has 2 N–H and O–H groups in total. The topological polar surface area (TPSA) is 96.5 Å². The van der Waals surface area contributed by atoms with Gasteiger partial charge in [-0.1, -0.05) is 17.7 Å². The number of H-pyrrole nitrogens is 1. The molecule has 0 radical (unpaired) electrons. The maximum atomic E-state index is 12.6. The van der Waals surface area contributed by atoms with E-state index in [1.807, 2.05) is 18.2 Å². The number of nitrogens with zero attached hydrogens (tertiary/aromatic N) is 4. The molecule has 7 nitrogen and oxygen atoms in total. The van der Waals surface area contributed by atoms with Gasteiger partial charge in [-0.3, -0.25) is 9.78 Å². The van der Waals surface area contributed by atoms with Crippen LogP contribution in [0.15, 0.2) is 55.0 Å². The van der Waals surface area contributed by atoms with Crippen LogP contribution in [0.5, 0.6) is 0 Å². The molecule has 25 heavy (non-hydrogen) atoms. The van der Waals surface area contributed by atoms with Crippen molar-refractivity contribution in [2.24, 2.45) is 0 Å². The highest BCUT2D eigenvalue weighted by atomic mass is 35.5. The lowest BCUT2D eigenvalue weighted by atomic mass is 10.2. The Hall–Kier alpha value is -3.32. The predicted octanol–water partition coefficient (Wildman–Crippen LogP) is 3.32. The number of rotatable bonds is 3. The minimum atomic E-state index is -0.346. The highest BCUT2D eigenvalue weighted by molar-refractivity contribution is 6.32. The number of aromatic amines is 1. The predicted molar refractivity (Wildman–Crippen MR) is 94.3 cm³/mol. The van der Waals surface area contributed by atoms with Crippen LogP contribution in [0.25, 0.3) is 22.7 Å². The van der Waals surface area contributed by atoms with Gasteiger partial charge >= 0.3 is 0 Å². The van der Waals surface area contributed by atoms with Crippen LogP contribution in [-0.4, -0.2) is 30.8 Å². The van der Waals surface area contributed by atoms with Gasteiger partial charge in [0.25, 0.3) is 5.91 Å². The average molecular weight is 351 g/mol. The number of pyridine rings is 3. The van der Waals surface area contributed by atoms with Crippen molar-refractivity contribution in [1.29, 1.82) is 0 Å². The molecule has 8 heteroatoms. The number of amides is 1. The van der Waals surface area contributed by atoms with Crippen LogP contribution in [0.2, 0.25) is 5.15 Å². The van der Waals surface area contributed by atoms with Crippen molar-refractivity contribution in [3.8, 4) is 11.5 Å². The molecule has 0 aliphatic rings. The molecule has 0 unspecified atom stereocenters. The first-order valence-corrected chi connectivity index (χ1v) is 7.78. The Balaban J connectivity index is 1.74. The van der Waals surface area contributed by atoms with Crippen molar-refractivity contribution in [3.05, 3.63) is 65.7 Å². The second kappa shape index (κ2) is 6.29. The van der Waals surface area contributed by atoms with E-state index in [-0.39, 0.29) is 11.1 Å². The number of anilines is 1. The van der Waals surface area contributed by atoms with Crippen molar-refractivity contribution in [2.45, 2.75) is 0 Å². The summed E-state index contributed by atoms with van der Waals surface area (Å²) >= 11 is 5.99. The summed E-state index contributed by atoms with van der Waals surface area (Å²) in [6.45, 7) is 0.